The first-order valence-corrected chi connectivity index (χ1v) is 24.5. The van der Waals surface area contributed by atoms with E-state index in [2.05, 4.69) is 39.8 Å². The van der Waals surface area contributed by atoms with Gasteiger partial charge in [-0.1, -0.05) is 258 Å². The third-order valence-corrected chi connectivity index (χ3v) is 12.2. The van der Waals surface area contributed by atoms with Gasteiger partial charge in [0.1, 0.15) is 5.75 Å². The van der Waals surface area contributed by atoms with Gasteiger partial charge in [0.05, 0.1) is 0 Å². The number of aromatic hydroxyl groups is 1. The Hall–Kier alpha value is -0.980. The number of unbranched alkanes of at least 4 members (excludes halogenated alkanes) is 32. The predicted molar refractivity (Wildman–Crippen MR) is 236 cm³/mol. The van der Waals surface area contributed by atoms with E-state index in [1.54, 1.807) is 5.56 Å². The quantitative estimate of drug-likeness (QED) is 0.0667. The van der Waals surface area contributed by atoms with Crippen molar-refractivity contribution >= 4 is 0 Å². The summed E-state index contributed by atoms with van der Waals surface area (Å²) in [6.45, 7) is 9.17. The molecule has 0 aliphatic carbocycles. The van der Waals surface area contributed by atoms with Crippen LogP contribution in [0.1, 0.15) is 294 Å². The molecule has 0 spiro atoms. The lowest BCUT2D eigenvalue weighted by atomic mass is 9.85. The summed E-state index contributed by atoms with van der Waals surface area (Å²) in [4.78, 5) is 0. The zero-order chi connectivity index (χ0) is 37.6. The zero-order valence-corrected chi connectivity index (χ0v) is 36.5. The lowest BCUT2D eigenvalue weighted by Crippen LogP contribution is -2.04. The molecular formula is C51H96O. The van der Waals surface area contributed by atoms with Gasteiger partial charge in [-0.25, -0.2) is 0 Å². The molecule has 1 rings (SSSR count). The van der Waals surface area contributed by atoms with Crippen molar-refractivity contribution < 1.29 is 5.11 Å². The van der Waals surface area contributed by atoms with Gasteiger partial charge in [0.15, 0.2) is 0 Å². The van der Waals surface area contributed by atoms with E-state index in [1.165, 1.54) is 255 Å². The lowest BCUT2D eigenvalue weighted by Gasteiger charge is -2.21. The van der Waals surface area contributed by atoms with E-state index in [-0.39, 0.29) is 0 Å². The highest BCUT2D eigenvalue weighted by atomic mass is 16.3. The fraction of sp³-hybridized carbons (Fsp3) is 0.882. The summed E-state index contributed by atoms with van der Waals surface area (Å²) in [5, 5.41) is 11.2. The molecule has 1 heteroatoms. The molecule has 1 nitrogen and oxygen atoms in total. The van der Waals surface area contributed by atoms with Gasteiger partial charge in [0, 0.05) is 0 Å². The predicted octanol–water partition coefficient (Wildman–Crippen LogP) is 18.5. The molecule has 0 aliphatic heterocycles. The first kappa shape index (κ1) is 49.0. The van der Waals surface area contributed by atoms with E-state index >= 15 is 0 Å². The number of phenolic OH excluding ortho intramolecular Hbond substituents is 1. The van der Waals surface area contributed by atoms with Gasteiger partial charge in [-0.15, -0.1) is 0 Å². The van der Waals surface area contributed by atoms with Crippen LogP contribution in [0.15, 0.2) is 12.1 Å². The van der Waals surface area contributed by atoms with Crippen LogP contribution in [0.2, 0.25) is 0 Å². The molecule has 0 bridgehead atoms. The molecule has 1 aromatic rings. The third kappa shape index (κ3) is 28.5. The minimum atomic E-state index is 0.620. The summed E-state index contributed by atoms with van der Waals surface area (Å²) in [6.07, 6.45) is 55.5. The first-order chi connectivity index (χ1) is 25.7. The fourth-order valence-corrected chi connectivity index (χ4v) is 8.49. The topological polar surface area (TPSA) is 20.2 Å². The van der Waals surface area contributed by atoms with Gasteiger partial charge in [-0.3, -0.25) is 0 Å². The van der Waals surface area contributed by atoms with Crippen molar-refractivity contribution in [2.45, 2.75) is 290 Å². The molecule has 0 aromatic heterocycles. The number of rotatable bonds is 41. The Labute approximate surface area is 329 Å². The molecule has 0 unspecified atom stereocenters. The number of benzene rings is 1. The average molecular weight is 725 g/mol. The molecule has 0 atom stereocenters. The Bertz CT molecular complexity index is 792. The third-order valence-electron chi connectivity index (χ3n) is 12.2. The molecule has 1 aromatic carbocycles. The molecule has 52 heavy (non-hydrogen) atoms. The van der Waals surface area contributed by atoms with E-state index in [0.29, 0.717) is 11.7 Å². The van der Waals surface area contributed by atoms with Crippen LogP contribution in [0.25, 0.3) is 0 Å². The normalized spacial score (nSPS) is 11.7. The van der Waals surface area contributed by atoms with Crippen molar-refractivity contribution in [3.05, 3.63) is 28.8 Å². The van der Waals surface area contributed by atoms with Crippen LogP contribution in [0.4, 0.5) is 0 Å². The van der Waals surface area contributed by atoms with Gasteiger partial charge in [-0.2, -0.15) is 0 Å². The van der Waals surface area contributed by atoms with Crippen molar-refractivity contribution in [2.24, 2.45) is 0 Å². The molecule has 0 fully saturated rings. The summed E-state index contributed by atoms with van der Waals surface area (Å²) >= 11 is 0. The van der Waals surface area contributed by atoms with Gasteiger partial charge in [-0.05, 0) is 61.1 Å². The molecule has 0 radical (unpaired) electrons. The highest BCUT2D eigenvalue weighted by Crippen LogP contribution is 2.35. The minimum Gasteiger partial charge on any atom is -0.507 e. The Kier molecular flexibility index (Phi) is 36.1. The van der Waals surface area contributed by atoms with Gasteiger partial charge in [0.2, 0.25) is 0 Å². The summed E-state index contributed by atoms with van der Waals surface area (Å²) in [5.41, 5.74) is 4.01. The molecule has 0 saturated carbocycles. The summed E-state index contributed by atoms with van der Waals surface area (Å²) in [5.74, 6) is 1.29. The molecular weight excluding hydrogens is 629 g/mol. The van der Waals surface area contributed by atoms with Crippen molar-refractivity contribution in [2.75, 3.05) is 0 Å². The first-order valence-electron chi connectivity index (χ1n) is 24.5. The van der Waals surface area contributed by atoms with Crippen LogP contribution in [-0.4, -0.2) is 5.11 Å². The summed E-state index contributed by atoms with van der Waals surface area (Å²) < 4.78 is 0. The maximum absolute atomic E-state index is 11.2. The Morgan fingerprint density at radius 3 is 0.808 bits per heavy atom. The fourth-order valence-electron chi connectivity index (χ4n) is 8.49. The number of phenols is 1. The van der Waals surface area contributed by atoms with E-state index in [4.69, 9.17) is 0 Å². The second-order valence-electron chi connectivity index (χ2n) is 17.3. The molecule has 306 valence electrons. The van der Waals surface area contributed by atoms with Crippen molar-refractivity contribution in [3.63, 3.8) is 0 Å². The number of aryl methyl sites for hydroxylation is 2. The number of hydrogen-bond acceptors (Lipinski definition) is 1. The van der Waals surface area contributed by atoms with E-state index in [1.807, 2.05) is 0 Å². The number of hydrogen-bond donors (Lipinski definition) is 1. The lowest BCUT2D eigenvalue weighted by molar-refractivity contribution is 0.454. The molecule has 0 amide bonds. The average Bonchev–Trinajstić information content (AvgIpc) is 3.15. The van der Waals surface area contributed by atoms with Crippen LogP contribution >= 0.6 is 0 Å². The largest absolute Gasteiger partial charge is 0.507 e. The maximum atomic E-state index is 11.2. The Morgan fingerprint density at radius 2 is 0.558 bits per heavy atom. The second-order valence-corrected chi connectivity index (χ2v) is 17.3. The monoisotopic (exact) mass is 725 g/mol. The van der Waals surface area contributed by atoms with Gasteiger partial charge in [0.25, 0.3) is 0 Å². The highest BCUT2D eigenvalue weighted by molar-refractivity contribution is 5.45. The molecule has 0 saturated heterocycles. The van der Waals surface area contributed by atoms with E-state index < -0.39 is 0 Å². The summed E-state index contributed by atoms with van der Waals surface area (Å²) in [6, 6.07) is 4.87. The van der Waals surface area contributed by atoms with Crippen LogP contribution in [-0.2, 0) is 12.8 Å². The van der Waals surface area contributed by atoms with Crippen LogP contribution in [0.5, 0.6) is 5.75 Å². The minimum absolute atomic E-state index is 0.620. The molecule has 0 heterocycles. The summed E-state index contributed by atoms with van der Waals surface area (Å²) in [7, 11) is 0. The van der Waals surface area contributed by atoms with Crippen LogP contribution < -0.4 is 0 Å². The highest BCUT2D eigenvalue weighted by Gasteiger charge is 2.17. The van der Waals surface area contributed by atoms with Crippen molar-refractivity contribution in [1.82, 2.24) is 0 Å². The standard InChI is InChI=1S/C51H96O/c1-5-9-13-15-17-19-21-23-25-27-29-31-33-35-37-39-43-47(50-45-48(41-11-7-3)51(52)49(46-50)42-12-8-4)44-40-38-36-34-32-30-28-26-24-22-20-18-16-14-10-6-2/h45-47,52H,5-44H2,1-4H3. The van der Waals surface area contributed by atoms with E-state index in [0.717, 1.165) is 12.8 Å². The SMILES string of the molecule is CCCCCCCCCCCCCCCCCCC(CCCCCCCCCCCCCCCCCC)c1cc(CCCC)c(O)c(CCCC)c1. The van der Waals surface area contributed by atoms with Crippen LogP contribution in [0.3, 0.4) is 0 Å². The second kappa shape index (κ2) is 38.3. The van der Waals surface area contributed by atoms with E-state index in [9.17, 15) is 5.11 Å². The maximum Gasteiger partial charge on any atom is 0.121 e. The molecule has 1 N–H and O–H groups in total. The van der Waals surface area contributed by atoms with Gasteiger partial charge < -0.3 is 5.11 Å². The molecule has 0 aliphatic rings. The van der Waals surface area contributed by atoms with Crippen LogP contribution in [0, 0.1) is 0 Å². The van der Waals surface area contributed by atoms with Crippen molar-refractivity contribution in [1.29, 1.82) is 0 Å². The van der Waals surface area contributed by atoms with Crippen molar-refractivity contribution in [3.8, 4) is 5.75 Å². The zero-order valence-electron chi connectivity index (χ0n) is 36.5. The Balaban J connectivity index is 2.41. The Morgan fingerprint density at radius 1 is 0.327 bits per heavy atom. The smallest absolute Gasteiger partial charge is 0.121 e. The van der Waals surface area contributed by atoms with Gasteiger partial charge >= 0.3 is 0 Å².